The van der Waals surface area contributed by atoms with Gasteiger partial charge in [-0.3, -0.25) is 4.98 Å². The van der Waals surface area contributed by atoms with Crippen molar-refractivity contribution in [2.75, 3.05) is 0 Å². The predicted molar refractivity (Wildman–Crippen MR) is 56.1 cm³/mol. The molecule has 1 heterocycles. The summed E-state index contributed by atoms with van der Waals surface area (Å²) >= 11 is 0. The third-order valence-electron chi connectivity index (χ3n) is 3.38. The summed E-state index contributed by atoms with van der Waals surface area (Å²) in [4.78, 5) is 4.30. The molecule has 1 saturated carbocycles. The number of aliphatic hydroxyl groups is 1. The second-order valence-electron chi connectivity index (χ2n) is 4.34. The first-order valence-corrected chi connectivity index (χ1v) is 5.29. The summed E-state index contributed by atoms with van der Waals surface area (Å²) in [6.07, 6.45) is 3.85. The standard InChI is InChI=1S/C12H17NO/c1-8-3-4-10(7-13-8)11-5-6-12(14)9(11)2/h3-4,7,9,11-12,14H,5-6H2,1-2H3. The van der Waals surface area contributed by atoms with Crippen LogP contribution < -0.4 is 0 Å². The zero-order chi connectivity index (χ0) is 10.1. The third-order valence-corrected chi connectivity index (χ3v) is 3.38. The van der Waals surface area contributed by atoms with Crippen LogP contribution in [0.1, 0.15) is 36.9 Å². The van der Waals surface area contributed by atoms with E-state index in [-0.39, 0.29) is 6.10 Å². The molecule has 1 aromatic rings. The number of hydrogen-bond acceptors (Lipinski definition) is 2. The molecular formula is C12H17NO. The van der Waals surface area contributed by atoms with E-state index in [9.17, 15) is 5.11 Å². The first-order chi connectivity index (χ1) is 6.68. The molecule has 2 rings (SSSR count). The highest BCUT2D eigenvalue weighted by Gasteiger charge is 2.32. The Morgan fingerprint density at radius 3 is 2.64 bits per heavy atom. The fourth-order valence-corrected chi connectivity index (χ4v) is 2.31. The summed E-state index contributed by atoms with van der Waals surface area (Å²) in [5.41, 5.74) is 2.33. The maximum atomic E-state index is 9.66. The second kappa shape index (κ2) is 3.70. The summed E-state index contributed by atoms with van der Waals surface area (Å²) < 4.78 is 0. The Morgan fingerprint density at radius 1 is 1.36 bits per heavy atom. The van der Waals surface area contributed by atoms with Crippen molar-refractivity contribution in [2.24, 2.45) is 5.92 Å². The molecule has 1 aliphatic carbocycles. The first-order valence-electron chi connectivity index (χ1n) is 5.29. The molecule has 76 valence electrons. The Labute approximate surface area is 85.0 Å². The molecule has 0 spiro atoms. The van der Waals surface area contributed by atoms with Gasteiger partial charge in [-0.15, -0.1) is 0 Å². The van der Waals surface area contributed by atoms with E-state index in [1.165, 1.54) is 5.56 Å². The first kappa shape index (κ1) is 9.66. The van der Waals surface area contributed by atoms with Crippen LogP contribution in [-0.2, 0) is 0 Å². The van der Waals surface area contributed by atoms with Crippen LogP contribution in [-0.4, -0.2) is 16.2 Å². The lowest BCUT2D eigenvalue weighted by molar-refractivity contribution is 0.136. The molecular weight excluding hydrogens is 174 g/mol. The zero-order valence-corrected chi connectivity index (χ0v) is 8.77. The quantitative estimate of drug-likeness (QED) is 0.738. The summed E-state index contributed by atoms with van der Waals surface area (Å²) in [5, 5.41) is 9.66. The van der Waals surface area contributed by atoms with Crippen LogP contribution in [0.3, 0.4) is 0 Å². The van der Waals surface area contributed by atoms with Crippen molar-refractivity contribution in [3.63, 3.8) is 0 Å². The maximum absolute atomic E-state index is 9.66. The summed E-state index contributed by atoms with van der Waals surface area (Å²) in [6.45, 7) is 4.12. The van der Waals surface area contributed by atoms with Gasteiger partial charge in [-0.25, -0.2) is 0 Å². The molecule has 2 heteroatoms. The Morgan fingerprint density at radius 2 is 2.14 bits per heavy atom. The number of hydrogen-bond donors (Lipinski definition) is 1. The Balaban J connectivity index is 2.19. The number of nitrogens with zero attached hydrogens (tertiary/aromatic N) is 1. The van der Waals surface area contributed by atoms with Crippen LogP contribution in [0.4, 0.5) is 0 Å². The SMILES string of the molecule is Cc1ccc(C2CCC(O)C2C)cn1. The Kier molecular flexibility index (Phi) is 2.55. The summed E-state index contributed by atoms with van der Waals surface area (Å²) in [7, 11) is 0. The normalized spacial score (nSPS) is 32.1. The number of aliphatic hydroxyl groups excluding tert-OH is 1. The number of aromatic nitrogens is 1. The van der Waals surface area contributed by atoms with E-state index < -0.39 is 0 Å². The minimum Gasteiger partial charge on any atom is -0.393 e. The van der Waals surface area contributed by atoms with Gasteiger partial charge < -0.3 is 5.11 Å². The van der Waals surface area contributed by atoms with Gasteiger partial charge in [-0.2, -0.15) is 0 Å². The number of pyridine rings is 1. The van der Waals surface area contributed by atoms with E-state index in [1.807, 2.05) is 19.2 Å². The van der Waals surface area contributed by atoms with Gasteiger partial charge in [0.25, 0.3) is 0 Å². The fourth-order valence-electron chi connectivity index (χ4n) is 2.31. The van der Waals surface area contributed by atoms with E-state index >= 15 is 0 Å². The van der Waals surface area contributed by atoms with Crippen LogP contribution in [0.2, 0.25) is 0 Å². The highest BCUT2D eigenvalue weighted by Crippen LogP contribution is 2.39. The minimum absolute atomic E-state index is 0.124. The van der Waals surface area contributed by atoms with Crippen molar-refractivity contribution in [3.05, 3.63) is 29.6 Å². The van der Waals surface area contributed by atoms with Crippen LogP contribution in [0.15, 0.2) is 18.3 Å². The fraction of sp³-hybridized carbons (Fsp3) is 0.583. The van der Waals surface area contributed by atoms with Crippen molar-refractivity contribution >= 4 is 0 Å². The van der Waals surface area contributed by atoms with Crippen molar-refractivity contribution in [1.82, 2.24) is 4.98 Å². The molecule has 0 aliphatic heterocycles. The summed E-state index contributed by atoms with van der Waals surface area (Å²) in [5.74, 6) is 0.873. The molecule has 1 aromatic heterocycles. The van der Waals surface area contributed by atoms with Crippen molar-refractivity contribution in [3.8, 4) is 0 Å². The van der Waals surface area contributed by atoms with Crippen molar-refractivity contribution in [2.45, 2.75) is 38.7 Å². The maximum Gasteiger partial charge on any atom is 0.0571 e. The molecule has 1 N–H and O–H groups in total. The zero-order valence-electron chi connectivity index (χ0n) is 8.77. The third kappa shape index (κ3) is 1.67. The smallest absolute Gasteiger partial charge is 0.0571 e. The molecule has 0 bridgehead atoms. The number of aryl methyl sites for hydroxylation is 1. The minimum atomic E-state index is -0.124. The lowest BCUT2D eigenvalue weighted by Gasteiger charge is -2.17. The van der Waals surface area contributed by atoms with Crippen LogP contribution in [0.5, 0.6) is 0 Å². The molecule has 3 unspecified atom stereocenters. The van der Waals surface area contributed by atoms with E-state index in [0.29, 0.717) is 11.8 Å². The molecule has 0 aromatic carbocycles. The van der Waals surface area contributed by atoms with Gasteiger partial charge in [0.15, 0.2) is 0 Å². The van der Waals surface area contributed by atoms with E-state index in [2.05, 4.69) is 18.0 Å². The lowest BCUT2D eigenvalue weighted by Crippen LogP contribution is -2.14. The predicted octanol–water partition coefficient (Wildman–Crippen LogP) is 2.26. The average Bonchev–Trinajstić information content (AvgIpc) is 2.50. The second-order valence-corrected chi connectivity index (χ2v) is 4.34. The lowest BCUT2D eigenvalue weighted by atomic mass is 9.90. The topological polar surface area (TPSA) is 33.1 Å². The monoisotopic (exact) mass is 191 g/mol. The van der Waals surface area contributed by atoms with Crippen molar-refractivity contribution in [1.29, 1.82) is 0 Å². The average molecular weight is 191 g/mol. The summed E-state index contributed by atoms with van der Waals surface area (Å²) in [6, 6.07) is 4.19. The van der Waals surface area contributed by atoms with Crippen LogP contribution in [0, 0.1) is 12.8 Å². The van der Waals surface area contributed by atoms with Gasteiger partial charge >= 0.3 is 0 Å². The van der Waals surface area contributed by atoms with Crippen LogP contribution >= 0.6 is 0 Å². The molecule has 1 fully saturated rings. The molecule has 14 heavy (non-hydrogen) atoms. The molecule has 1 aliphatic rings. The highest BCUT2D eigenvalue weighted by molar-refractivity contribution is 5.20. The molecule has 3 atom stereocenters. The largest absolute Gasteiger partial charge is 0.393 e. The van der Waals surface area contributed by atoms with Gasteiger partial charge in [0.2, 0.25) is 0 Å². The van der Waals surface area contributed by atoms with Crippen molar-refractivity contribution < 1.29 is 5.11 Å². The van der Waals surface area contributed by atoms with Gasteiger partial charge in [0.1, 0.15) is 0 Å². The molecule has 0 amide bonds. The van der Waals surface area contributed by atoms with Crippen LogP contribution in [0.25, 0.3) is 0 Å². The molecule has 0 saturated heterocycles. The van der Waals surface area contributed by atoms with E-state index in [1.54, 1.807) is 0 Å². The van der Waals surface area contributed by atoms with Gasteiger partial charge in [0, 0.05) is 11.9 Å². The Bertz CT molecular complexity index is 307. The van der Waals surface area contributed by atoms with E-state index in [0.717, 1.165) is 18.5 Å². The van der Waals surface area contributed by atoms with Gasteiger partial charge in [-0.05, 0) is 43.2 Å². The molecule has 0 radical (unpaired) electrons. The Hall–Kier alpha value is -0.890. The van der Waals surface area contributed by atoms with E-state index in [4.69, 9.17) is 0 Å². The van der Waals surface area contributed by atoms with Gasteiger partial charge in [0.05, 0.1) is 6.10 Å². The molecule has 2 nitrogen and oxygen atoms in total. The highest BCUT2D eigenvalue weighted by atomic mass is 16.3. The number of rotatable bonds is 1. The van der Waals surface area contributed by atoms with Gasteiger partial charge in [-0.1, -0.05) is 13.0 Å².